The Kier molecular flexibility index (Phi) is 3.16. The standard InChI is InChI=1S/C14H17ClN2O/c1-18-11-5-6-12-13(7-11)17(14(8-15)16-12)9-10-3-2-4-10/h5-7,10H,2-4,8-9H2,1H3. The number of rotatable bonds is 4. The van der Waals surface area contributed by atoms with Crippen molar-refractivity contribution in [1.29, 1.82) is 0 Å². The Morgan fingerprint density at radius 3 is 2.89 bits per heavy atom. The summed E-state index contributed by atoms with van der Waals surface area (Å²) in [4.78, 5) is 4.59. The van der Waals surface area contributed by atoms with Crippen LogP contribution in [0, 0.1) is 5.92 Å². The highest BCUT2D eigenvalue weighted by Crippen LogP contribution is 2.31. The van der Waals surface area contributed by atoms with Gasteiger partial charge in [0.2, 0.25) is 0 Å². The van der Waals surface area contributed by atoms with E-state index in [1.165, 1.54) is 19.3 Å². The summed E-state index contributed by atoms with van der Waals surface area (Å²) in [6, 6.07) is 6.00. The van der Waals surface area contributed by atoms with E-state index in [-0.39, 0.29) is 0 Å². The number of fused-ring (bicyclic) bond motifs is 1. The van der Waals surface area contributed by atoms with Crippen molar-refractivity contribution < 1.29 is 4.74 Å². The van der Waals surface area contributed by atoms with Gasteiger partial charge in [0.1, 0.15) is 11.6 Å². The lowest BCUT2D eigenvalue weighted by Crippen LogP contribution is -2.19. The number of methoxy groups -OCH3 is 1. The smallest absolute Gasteiger partial charge is 0.124 e. The fraction of sp³-hybridized carbons (Fsp3) is 0.500. The monoisotopic (exact) mass is 264 g/mol. The van der Waals surface area contributed by atoms with E-state index in [2.05, 4.69) is 15.6 Å². The van der Waals surface area contributed by atoms with Crippen LogP contribution in [-0.4, -0.2) is 16.7 Å². The Morgan fingerprint density at radius 1 is 1.44 bits per heavy atom. The predicted molar refractivity (Wildman–Crippen MR) is 73.2 cm³/mol. The first-order valence-electron chi connectivity index (χ1n) is 6.41. The molecule has 3 nitrogen and oxygen atoms in total. The highest BCUT2D eigenvalue weighted by Gasteiger charge is 2.20. The van der Waals surface area contributed by atoms with Gasteiger partial charge in [0, 0.05) is 12.6 Å². The van der Waals surface area contributed by atoms with Gasteiger partial charge in [-0.1, -0.05) is 6.42 Å². The van der Waals surface area contributed by atoms with E-state index in [1.807, 2.05) is 12.1 Å². The number of imidazole rings is 1. The molecular weight excluding hydrogens is 248 g/mol. The molecule has 1 aliphatic carbocycles. The number of nitrogens with zero attached hydrogens (tertiary/aromatic N) is 2. The van der Waals surface area contributed by atoms with Crippen molar-refractivity contribution in [2.75, 3.05) is 7.11 Å². The highest BCUT2D eigenvalue weighted by molar-refractivity contribution is 6.16. The number of aromatic nitrogens is 2. The summed E-state index contributed by atoms with van der Waals surface area (Å²) in [6.45, 7) is 1.03. The first-order chi connectivity index (χ1) is 8.81. The lowest BCUT2D eigenvalue weighted by molar-refractivity contribution is 0.277. The highest BCUT2D eigenvalue weighted by atomic mass is 35.5. The van der Waals surface area contributed by atoms with Crippen molar-refractivity contribution in [1.82, 2.24) is 9.55 Å². The third-order valence-electron chi connectivity index (χ3n) is 3.82. The first-order valence-corrected chi connectivity index (χ1v) is 6.94. The zero-order valence-corrected chi connectivity index (χ0v) is 11.3. The number of hydrogen-bond acceptors (Lipinski definition) is 2. The second kappa shape index (κ2) is 4.81. The molecule has 0 aliphatic heterocycles. The van der Waals surface area contributed by atoms with Gasteiger partial charge < -0.3 is 9.30 Å². The third-order valence-corrected chi connectivity index (χ3v) is 4.06. The van der Waals surface area contributed by atoms with Gasteiger partial charge in [-0.2, -0.15) is 0 Å². The normalized spacial score (nSPS) is 15.9. The zero-order chi connectivity index (χ0) is 12.5. The summed E-state index contributed by atoms with van der Waals surface area (Å²) in [5, 5.41) is 0. The minimum atomic E-state index is 0.462. The zero-order valence-electron chi connectivity index (χ0n) is 10.5. The molecule has 0 N–H and O–H groups in total. The largest absolute Gasteiger partial charge is 0.497 e. The van der Waals surface area contributed by atoms with Gasteiger partial charge in [0.25, 0.3) is 0 Å². The minimum absolute atomic E-state index is 0.462. The molecule has 0 amide bonds. The van der Waals surface area contributed by atoms with Crippen molar-refractivity contribution in [3.8, 4) is 5.75 Å². The lowest BCUT2D eigenvalue weighted by Gasteiger charge is -2.26. The van der Waals surface area contributed by atoms with E-state index in [1.54, 1.807) is 7.11 Å². The molecule has 3 rings (SSSR count). The minimum Gasteiger partial charge on any atom is -0.497 e. The van der Waals surface area contributed by atoms with Gasteiger partial charge in [0.05, 0.1) is 24.0 Å². The van der Waals surface area contributed by atoms with Crippen molar-refractivity contribution in [3.05, 3.63) is 24.0 Å². The molecule has 0 saturated heterocycles. The van der Waals surface area contributed by atoms with Gasteiger partial charge in [-0.3, -0.25) is 0 Å². The second-order valence-electron chi connectivity index (χ2n) is 4.92. The first kappa shape index (κ1) is 11.8. The third kappa shape index (κ3) is 1.97. The van der Waals surface area contributed by atoms with Gasteiger partial charge in [-0.15, -0.1) is 11.6 Å². The van der Waals surface area contributed by atoms with Crippen LogP contribution in [0.1, 0.15) is 25.1 Å². The molecule has 0 atom stereocenters. The molecule has 18 heavy (non-hydrogen) atoms. The molecule has 4 heteroatoms. The van der Waals surface area contributed by atoms with Crippen molar-refractivity contribution in [2.45, 2.75) is 31.7 Å². The fourth-order valence-corrected chi connectivity index (χ4v) is 2.72. The van der Waals surface area contributed by atoms with Crippen molar-refractivity contribution in [3.63, 3.8) is 0 Å². The lowest BCUT2D eigenvalue weighted by atomic mass is 9.85. The number of ether oxygens (including phenoxy) is 1. The predicted octanol–water partition coefficient (Wildman–Crippen LogP) is 3.58. The van der Waals surface area contributed by atoms with Crippen molar-refractivity contribution in [2.24, 2.45) is 5.92 Å². The van der Waals surface area contributed by atoms with Crippen molar-refractivity contribution >= 4 is 22.6 Å². The molecule has 1 saturated carbocycles. The van der Waals surface area contributed by atoms with Gasteiger partial charge in [-0.05, 0) is 30.9 Å². The Labute approximate surface area is 112 Å². The van der Waals surface area contributed by atoms with Gasteiger partial charge >= 0.3 is 0 Å². The Hall–Kier alpha value is -1.22. The molecule has 96 valence electrons. The van der Waals surface area contributed by atoms with Crippen LogP contribution in [0.15, 0.2) is 18.2 Å². The molecule has 1 fully saturated rings. The molecule has 1 heterocycles. The van der Waals surface area contributed by atoms with Gasteiger partial charge in [0.15, 0.2) is 0 Å². The topological polar surface area (TPSA) is 27.1 Å². The molecule has 0 bridgehead atoms. The van der Waals surface area contributed by atoms with E-state index in [9.17, 15) is 0 Å². The average molecular weight is 265 g/mol. The molecular formula is C14H17ClN2O. The fourth-order valence-electron chi connectivity index (χ4n) is 2.52. The van der Waals surface area contributed by atoms with Crippen LogP contribution in [0.3, 0.4) is 0 Å². The Bertz CT molecular complexity index is 560. The van der Waals surface area contributed by atoms with Crippen LogP contribution in [0.5, 0.6) is 5.75 Å². The van der Waals surface area contributed by atoms with E-state index in [4.69, 9.17) is 16.3 Å². The van der Waals surface area contributed by atoms with E-state index < -0.39 is 0 Å². The maximum atomic E-state index is 6.01. The average Bonchev–Trinajstić information content (AvgIpc) is 2.70. The number of halogens is 1. The summed E-state index contributed by atoms with van der Waals surface area (Å²) in [6.07, 6.45) is 4.01. The van der Waals surface area contributed by atoms with Crippen LogP contribution in [0.2, 0.25) is 0 Å². The summed E-state index contributed by atoms with van der Waals surface area (Å²) in [7, 11) is 1.69. The van der Waals surface area contributed by atoms with Crippen LogP contribution in [0.4, 0.5) is 0 Å². The molecule has 1 aromatic heterocycles. The van der Waals surface area contributed by atoms with Crippen LogP contribution < -0.4 is 4.74 Å². The summed E-state index contributed by atoms with van der Waals surface area (Å²) < 4.78 is 7.55. The summed E-state index contributed by atoms with van der Waals surface area (Å²) >= 11 is 6.01. The molecule has 0 radical (unpaired) electrons. The quantitative estimate of drug-likeness (QED) is 0.789. The maximum absolute atomic E-state index is 6.01. The second-order valence-corrected chi connectivity index (χ2v) is 5.19. The molecule has 0 unspecified atom stereocenters. The van der Waals surface area contributed by atoms with E-state index in [0.717, 1.165) is 35.1 Å². The number of hydrogen-bond donors (Lipinski definition) is 0. The molecule has 2 aromatic rings. The van der Waals surface area contributed by atoms with E-state index >= 15 is 0 Å². The molecule has 1 aliphatic rings. The molecule has 0 spiro atoms. The van der Waals surface area contributed by atoms with E-state index in [0.29, 0.717) is 5.88 Å². The SMILES string of the molecule is COc1ccc2nc(CCl)n(CC3CCC3)c2c1. The maximum Gasteiger partial charge on any atom is 0.124 e. The van der Waals surface area contributed by atoms with Crippen LogP contribution >= 0.6 is 11.6 Å². The number of alkyl halides is 1. The number of benzene rings is 1. The Balaban J connectivity index is 2.05. The summed E-state index contributed by atoms with van der Waals surface area (Å²) in [5.74, 6) is 3.09. The summed E-state index contributed by atoms with van der Waals surface area (Å²) in [5.41, 5.74) is 2.14. The van der Waals surface area contributed by atoms with Crippen LogP contribution in [-0.2, 0) is 12.4 Å². The van der Waals surface area contributed by atoms with Gasteiger partial charge in [-0.25, -0.2) is 4.98 Å². The Morgan fingerprint density at radius 2 is 2.28 bits per heavy atom. The molecule has 1 aromatic carbocycles. The van der Waals surface area contributed by atoms with Crippen LogP contribution in [0.25, 0.3) is 11.0 Å².